The zero-order valence-corrected chi connectivity index (χ0v) is 17.8. The van der Waals surface area contributed by atoms with Crippen molar-refractivity contribution in [2.45, 2.75) is 25.2 Å². The average Bonchev–Trinajstić information content (AvgIpc) is 2.71. The van der Waals surface area contributed by atoms with E-state index in [9.17, 15) is 8.42 Å². The molecule has 0 spiro atoms. The van der Waals surface area contributed by atoms with E-state index in [0.717, 1.165) is 17.7 Å². The summed E-state index contributed by atoms with van der Waals surface area (Å²) in [6.07, 6.45) is 2.67. The number of anilines is 4. The van der Waals surface area contributed by atoms with Crippen molar-refractivity contribution in [3.63, 3.8) is 0 Å². The Labute approximate surface area is 171 Å². The van der Waals surface area contributed by atoms with Crippen LogP contribution in [0.15, 0.2) is 59.6 Å². The summed E-state index contributed by atoms with van der Waals surface area (Å²) in [5.41, 5.74) is 3.39. The van der Waals surface area contributed by atoms with Gasteiger partial charge in [-0.1, -0.05) is 31.2 Å². The van der Waals surface area contributed by atoms with Gasteiger partial charge < -0.3 is 10.6 Å². The zero-order chi connectivity index (χ0) is 21.0. The van der Waals surface area contributed by atoms with Crippen LogP contribution in [0.4, 0.5) is 23.1 Å². The van der Waals surface area contributed by atoms with E-state index in [4.69, 9.17) is 0 Å². The Morgan fingerprint density at radius 1 is 1.00 bits per heavy atom. The number of para-hydroxylation sites is 1. The van der Waals surface area contributed by atoms with Crippen LogP contribution in [0.2, 0.25) is 0 Å². The Kier molecular flexibility index (Phi) is 6.14. The van der Waals surface area contributed by atoms with Gasteiger partial charge in [0.05, 0.1) is 5.69 Å². The first-order valence-corrected chi connectivity index (χ1v) is 10.7. The molecule has 0 aliphatic carbocycles. The number of rotatable bonds is 7. The molecule has 0 radical (unpaired) electrons. The number of hydrogen-bond donors (Lipinski definition) is 2. The van der Waals surface area contributed by atoms with Crippen molar-refractivity contribution < 1.29 is 8.42 Å². The molecule has 0 amide bonds. The predicted molar refractivity (Wildman–Crippen MR) is 116 cm³/mol. The lowest BCUT2D eigenvalue weighted by Gasteiger charge is -2.17. The fraction of sp³-hybridized carbons (Fsp3) is 0.238. The van der Waals surface area contributed by atoms with Crippen molar-refractivity contribution in [1.29, 1.82) is 0 Å². The summed E-state index contributed by atoms with van der Waals surface area (Å²) in [6.45, 7) is 3.98. The van der Waals surface area contributed by atoms with Gasteiger partial charge in [-0.25, -0.2) is 17.7 Å². The largest absolute Gasteiger partial charge is 0.339 e. The van der Waals surface area contributed by atoms with E-state index in [1.807, 2.05) is 19.1 Å². The van der Waals surface area contributed by atoms with Gasteiger partial charge in [0.15, 0.2) is 0 Å². The average molecular weight is 412 g/mol. The molecule has 0 aliphatic rings. The van der Waals surface area contributed by atoms with Crippen molar-refractivity contribution in [2.24, 2.45) is 0 Å². The smallest absolute Gasteiger partial charge is 0.244 e. The molecule has 2 N–H and O–H groups in total. The van der Waals surface area contributed by atoms with Crippen molar-refractivity contribution in [2.75, 3.05) is 24.7 Å². The normalized spacial score (nSPS) is 11.5. The Hall–Kier alpha value is -2.97. The third kappa shape index (κ3) is 4.72. The van der Waals surface area contributed by atoms with E-state index in [2.05, 4.69) is 39.7 Å². The highest BCUT2D eigenvalue weighted by Crippen LogP contribution is 2.27. The summed E-state index contributed by atoms with van der Waals surface area (Å²) in [5.74, 6) is 0.962. The first-order chi connectivity index (χ1) is 13.8. The minimum absolute atomic E-state index is 0.188. The van der Waals surface area contributed by atoms with Crippen LogP contribution in [0, 0.1) is 6.92 Å². The van der Waals surface area contributed by atoms with E-state index >= 15 is 0 Å². The number of aryl methyl sites for hydroxylation is 2. The fourth-order valence-corrected chi connectivity index (χ4v) is 3.74. The van der Waals surface area contributed by atoms with Gasteiger partial charge in [-0.2, -0.15) is 4.98 Å². The molecule has 0 bridgehead atoms. The molecule has 0 saturated carbocycles. The Morgan fingerprint density at radius 2 is 1.69 bits per heavy atom. The topological polar surface area (TPSA) is 87.2 Å². The third-order valence-corrected chi connectivity index (χ3v) is 6.36. The molecule has 0 atom stereocenters. The van der Waals surface area contributed by atoms with Gasteiger partial charge in [-0.05, 0) is 43.2 Å². The van der Waals surface area contributed by atoms with E-state index in [1.165, 1.54) is 24.0 Å². The number of aromatic nitrogens is 2. The highest BCUT2D eigenvalue weighted by atomic mass is 32.2. The molecular weight excluding hydrogens is 386 g/mol. The molecule has 1 aromatic heterocycles. The van der Waals surface area contributed by atoms with Crippen LogP contribution in [0.3, 0.4) is 0 Å². The van der Waals surface area contributed by atoms with Gasteiger partial charge in [0.25, 0.3) is 0 Å². The van der Waals surface area contributed by atoms with Gasteiger partial charge >= 0.3 is 0 Å². The molecule has 3 aromatic rings. The number of hydrogen-bond acceptors (Lipinski definition) is 6. The van der Waals surface area contributed by atoms with E-state index in [-0.39, 0.29) is 4.90 Å². The van der Waals surface area contributed by atoms with Crippen LogP contribution in [-0.4, -0.2) is 36.8 Å². The van der Waals surface area contributed by atoms with Gasteiger partial charge in [0, 0.05) is 31.5 Å². The fourth-order valence-electron chi connectivity index (χ4n) is 2.70. The molecule has 0 saturated heterocycles. The standard InChI is InChI=1S/C21H25N5O2S/c1-5-16-10-12-17(13-11-16)23-21-22-14-15(2)20(25-21)24-18-8-6-7-9-19(18)29(27,28)26(3)4/h6-14H,5H2,1-4H3,(H2,22,23,24,25). The van der Waals surface area contributed by atoms with Crippen molar-refractivity contribution in [3.8, 4) is 0 Å². The molecular formula is C21H25N5O2S. The first-order valence-electron chi connectivity index (χ1n) is 9.29. The highest BCUT2D eigenvalue weighted by Gasteiger charge is 2.21. The second kappa shape index (κ2) is 8.59. The minimum Gasteiger partial charge on any atom is -0.339 e. The molecule has 3 rings (SSSR count). The van der Waals surface area contributed by atoms with Crippen LogP contribution < -0.4 is 10.6 Å². The Bertz CT molecular complexity index is 1100. The Balaban J connectivity index is 1.90. The summed E-state index contributed by atoms with van der Waals surface area (Å²) in [7, 11) is -0.578. The van der Waals surface area contributed by atoms with Crippen LogP contribution in [0.5, 0.6) is 0 Å². The second-order valence-electron chi connectivity index (χ2n) is 6.81. The van der Waals surface area contributed by atoms with Gasteiger partial charge in [-0.3, -0.25) is 0 Å². The Morgan fingerprint density at radius 3 is 2.34 bits per heavy atom. The number of sulfonamides is 1. The summed E-state index contributed by atoms with van der Waals surface area (Å²) < 4.78 is 26.4. The van der Waals surface area contributed by atoms with Crippen LogP contribution in [-0.2, 0) is 16.4 Å². The number of benzene rings is 2. The monoisotopic (exact) mass is 411 g/mol. The summed E-state index contributed by atoms with van der Waals surface area (Å²) in [4.78, 5) is 9.05. The third-order valence-electron chi connectivity index (χ3n) is 4.49. The van der Waals surface area contributed by atoms with E-state index < -0.39 is 10.0 Å². The van der Waals surface area contributed by atoms with Gasteiger partial charge in [0.1, 0.15) is 10.7 Å². The van der Waals surface area contributed by atoms with Crippen molar-refractivity contribution >= 4 is 33.2 Å². The molecule has 152 valence electrons. The highest BCUT2D eigenvalue weighted by molar-refractivity contribution is 7.89. The zero-order valence-electron chi connectivity index (χ0n) is 17.0. The minimum atomic E-state index is -3.59. The molecule has 29 heavy (non-hydrogen) atoms. The molecule has 7 nitrogen and oxygen atoms in total. The molecule has 1 heterocycles. The van der Waals surface area contributed by atoms with Crippen LogP contribution >= 0.6 is 0 Å². The van der Waals surface area contributed by atoms with Crippen molar-refractivity contribution in [3.05, 3.63) is 65.9 Å². The molecule has 0 fully saturated rings. The molecule has 0 unspecified atom stereocenters. The lowest BCUT2D eigenvalue weighted by atomic mass is 10.1. The first kappa shape index (κ1) is 20.8. The lowest BCUT2D eigenvalue weighted by Crippen LogP contribution is -2.23. The van der Waals surface area contributed by atoms with E-state index in [1.54, 1.807) is 30.5 Å². The quantitative estimate of drug-likeness (QED) is 0.609. The molecule has 0 aliphatic heterocycles. The maximum Gasteiger partial charge on any atom is 0.244 e. The maximum absolute atomic E-state index is 12.6. The SMILES string of the molecule is CCc1ccc(Nc2ncc(C)c(Nc3ccccc3S(=O)(=O)N(C)C)n2)cc1. The number of nitrogens with one attached hydrogen (secondary N) is 2. The number of nitrogens with zero attached hydrogens (tertiary/aromatic N) is 3. The van der Waals surface area contributed by atoms with E-state index in [0.29, 0.717) is 17.5 Å². The van der Waals surface area contributed by atoms with Gasteiger partial charge in [0.2, 0.25) is 16.0 Å². The summed E-state index contributed by atoms with van der Waals surface area (Å²) in [5, 5.41) is 6.33. The predicted octanol–water partition coefficient (Wildman–Crippen LogP) is 4.08. The van der Waals surface area contributed by atoms with Gasteiger partial charge in [-0.15, -0.1) is 0 Å². The maximum atomic E-state index is 12.6. The summed E-state index contributed by atoms with van der Waals surface area (Å²) in [6, 6.07) is 14.8. The van der Waals surface area contributed by atoms with Crippen molar-refractivity contribution in [1.82, 2.24) is 14.3 Å². The second-order valence-corrected chi connectivity index (χ2v) is 8.93. The van der Waals surface area contributed by atoms with Crippen LogP contribution in [0.25, 0.3) is 0 Å². The molecule has 8 heteroatoms. The summed E-state index contributed by atoms with van der Waals surface area (Å²) >= 11 is 0. The van der Waals surface area contributed by atoms with Crippen LogP contribution in [0.1, 0.15) is 18.1 Å². The lowest BCUT2D eigenvalue weighted by molar-refractivity contribution is 0.521. The molecule has 2 aromatic carbocycles.